The van der Waals surface area contributed by atoms with Gasteiger partial charge in [-0.15, -0.1) is 0 Å². The number of benzene rings is 4. The molecule has 7 aromatic rings. The number of aromatic amines is 2. The van der Waals surface area contributed by atoms with Gasteiger partial charge in [-0.2, -0.15) is 0 Å². The van der Waals surface area contributed by atoms with Crippen LogP contribution in [0.3, 0.4) is 0 Å². The number of Topliss-reactive ketones (excluding diaryl/α,β-unsaturated/α-hetero) is 1. The van der Waals surface area contributed by atoms with Crippen LogP contribution in [0.4, 0.5) is 23.2 Å². The molecule has 10 rings (SSSR count). The summed E-state index contributed by atoms with van der Waals surface area (Å²) in [6.45, 7) is -0.0641. The number of aromatic nitrogens is 4. The maximum absolute atomic E-state index is 16.9. The molecule has 0 radical (unpaired) electrons. The van der Waals surface area contributed by atoms with Crippen LogP contribution < -0.4 is 5.32 Å². The number of fused-ring (bicyclic) bond motifs is 8. The molecule has 0 saturated heterocycles. The minimum absolute atomic E-state index is 0.0140. The second-order valence-corrected chi connectivity index (χ2v) is 20.0. The second-order valence-electron chi connectivity index (χ2n) is 17.3. The third-order valence-electron chi connectivity index (χ3n) is 12.4. The Bertz CT molecular complexity index is 3630. The Morgan fingerprint density at radius 1 is 0.527 bits per heavy atom. The normalized spacial score (nSPS) is 12.9. The average Bonchev–Trinajstić information content (AvgIpc) is 4.26. The van der Waals surface area contributed by atoms with E-state index in [1.807, 2.05) is 12.1 Å². The van der Waals surface area contributed by atoms with E-state index in [-0.39, 0.29) is 77.2 Å². The predicted octanol–water partition coefficient (Wildman–Crippen LogP) is 12.5. The first-order valence-corrected chi connectivity index (χ1v) is 25.8. The number of H-pyrrole nitrogens is 2. The first-order valence-electron chi connectivity index (χ1n) is 23.3. The minimum Gasteiger partial charge on any atom is -0.508 e. The molecule has 8 bridgehead atoms. The minimum atomic E-state index is -1.68. The highest BCUT2D eigenvalue weighted by atomic mass is 33.1. The molecule has 0 fully saturated rings. The molecule has 3 aromatic heterocycles. The number of nitrogens with zero attached hydrogens (tertiary/aromatic N) is 3. The lowest BCUT2D eigenvalue weighted by Crippen LogP contribution is -2.32. The van der Waals surface area contributed by atoms with Crippen molar-refractivity contribution in [2.24, 2.45) is 0 Å². The van der Waals surface area contributed by atoms with Crippen LogP contribution in [0.25, 0.3) is 90.9 Å². The summed E-state index contributed by atoms with van der Waals surface area (Å²) in [5, 5.41) is 34.6. The molecule has 0 atom stereocenters. The highest BCUT2D eigenvalue weighted by Gasteiger charge is 2.30. The molecule has 2 amide bonds. The molecule has 372 valence electrons. The quantitative estimate of drug-likeness (QED) is 0.0178. The second kappa shape index (κ2) is 21.0. The highest BCUT2D eigenvalue weighted by Crippen LogP contribution is 2.42. The van der Waals surface area contributed by atoms with Crippen molar-refractivity contribution in [3.05, 3.63) is 155 Å². The van der Waals surface area contributed by atoms with E-state index in [2.05, 4.69) is 15.3 Å². The Hall–Kier alpha value is -8.35. The van der Waals surface area contributed by atoms with Crippen LogP contribution in [0.5, 0.6) is 17.2 Å². The van der Waals surface area contributed by atoms with Crippen molar-refractivity contribution in [2.75, 3.05) is 29.9 Å². The first-order chi connectivity index (χ1) is 35.8. The monoisotopic (exact) mass is 1030 g/mol. The van der Waals surface area contributed by atoms with Gasteiger partial charge in [0.1, 0.15) is 28.7 Å². The Morgan fingerprint density at radius 2 is 0.946 bits per heavy atom. The van der Waals surface area contributed by atoms with Crippen LogP contribution in [0, 0.1) is 23.3 Å². The van der Waals surface area contributed by atoms with Crippen LogP contribution >= 0.6 is 21.6 Å². The van der Waals surface area contributed by atoms with Crippen molar-refractivity contribution in [3.63, 3.8) is 0 Å². The number of aromatic hydroxyl groups is 3. The molecule has 0 saturated carbocycles. The fraction of sp³-hybridized carbons (Fsp3) is 0.125. The van der Waals surface area contributed by atoms with Crippen LogP contribution in [0.2, 0.25) is 0 Å². The molecule has 12 nitrogen and oxygen atoms in total. The van der Waals surface area contributed by atoms with Crippen molar-refractivity contribution in [1.82, 2.24) is 24.8 Å². The third-order valence-corrected chi connectivity index (χ3v) is 14.9. The van der Waals surface area contributed by atoms with Crippen LogP contribution in [-0.2, 0) is 14.4 Å². The van der Waals surface area contributed by atoms with E-state index in [1.165, 1.54) is 58.0 Å². The van der Waals surface area contributed by atoms with Gasteiger partial charge in [0.05, 0.1) is 28.3 Å². The molecule has 0 unspecified atom stereocenters. The van der Waals surface area contributed by atoms with Crippen molar-refractivity contribution in [2.45, 2.75) is 19.3 Å². The molecule has 6 N–H and O–H groups in total. The van der Waals surface area contributed by atoms with E-state index >= 15 is 17.6 Å². The van der Waals surface area contributed by atoms with Gasteiger partial charge in [-0.25, -0.2) is 27.5 Å². The summed E-state index contributed by atoms with van der Waals surface area (Å²) in [5.41, 5.74) is 3.37. The van der Waals surface area contributed by atoms with Crippen molar-refractivity contribution >= 4 is 91.2 Å². The fourth-order valence-corrected chi connectivity index (χ4v) is 11.0. The fourth-order valence-electron chi connectivity index (χ4n) is 9.05. The molecule has 3 aliphatic rings. The molecule has 3 aliphatic heterocycles. The lowest BCUT2D eigenvalue weighted by molar-refractivity contribution is -0.137. The number of ketones is 1. The van der Waals surface area contributed by atoms with E-state index < -0.39 is 46.3 Å². The van der Waals surface area contributed by atoms with Crippen LogP contribution in [-0.4, -0.2) is 82.3 Å². The number of carbonyl (C=O) groups excluding carboxylic acids is 3. The smallest absolute Gasteiger partial charge is 0.253 e. The molecule has 74 heavy (non-hydrogen) atoms. The molecule has 18 heteroatoms. The maximum atomic E-state index is 16.9. The van der Waals surface area contributed by atoms with Crippen LogP contribution in [0.15, 0.2) is 109 Å². The molecular formula is C56H42F4N6O6S2. The zero-order valence-corrected chi connectivity index (χ0v) is 40.5. The number of amides is 2. The van der Waals surface area contributed by atoms with Crippen molar-refractivity contribution in [3.8, 4) is 61.8 Å². The van der Waals surface area contributed by atoms with E-state index in [9.17, 15) is 29.7 Å². The summed E-state index contributed by atoms with van der Waals surface area (Å²) < 4.78 is 66.5. The standard InChI is InChI=1S/C56H42F4N6O6S2/c57-52-51(53(58)55(60)56(54(52)59)61-23-26-74-73-25-4-11-33(67)22-24-66-45(71)20-21-46(66)72)50-43-18-16-41(64-43)48(31-6-2-9-35(69)28-31)39-14-12-37(62-39)47(30-5-1-8-34(68)27-30)38-13-15-40(63-38)49(42-17-19-44(50)65-42)32-7-3-10-36(70)29-32/h1-3,5-10,12-21,27-29,61-62,65,68-70H,4,11,22-26H2. The molecule has 0 aliphatic carbocycles. The third kappa shape index (κ3) is 9.93. The number of anilines is 1. The van der Waals surface area contributed by atoms with Gasteiger partial charge in [-0.05, 0) is 108 Å². The summed E-state index contributed by atoms with van der Waals surface area (Å²) >= 11 is 0. The zero-order chi connectivity index (χ0) is 51.6. The number of phenols is 3. The summed E-state index contributed by atoms with van der Waals surface area (Å²) in [5.74, 6) is -6.96. The Balaban J connectivity index is 1.05. The topological polar surface area (TPSA) is 185 Å². The van der Waals surface area contributed by atoms with Gasteiger partial charge in [0.2, 0.25) is 0 Å². The van der Waals surface area contributed by atoms with Gasteiger partial charge in [0.25, 0.3) is 11.8 Å². The largest absolute Gasteiger partial charge is 0.508 e. The van der Waals surface area contributed by atoms with Crippen LogP contribution in [0.1, 0.15) is 42.0 Å². The number of hydrogen-bond acceptors (Lipinski definition) is 11. The van der Waals surface area contributed by atoms with Crippen molar-refractivity contribution in [1.29, 1.82) is 0 Å². The van der Waals surface area contributed by atoms with E-state index in [0.29, 0.717) is 73.5 Å². The molecule has 4 aromatic carbocycles. The zero-order valence-electron chi connectivity index (χ0n) is 38.9. The van der Waals surface area contributed by atoms with Gasteiger partial charge in [0, 0.05) is 93.9 Å². The highest BCUT2D eigenvalue weighted by molar-refractivity contribution is 8.76. The molecule has 6 heterocycles. The van der Waals surface area contributed by atoms with Gasteiger partial charge in [-0.1, -0.05) is 58.0 Å². The summed E-state index contributed by atoms with van der Waals surface area (Å²) in [4.78, 5) is 53.5. The number of nitrogens with one attached hydrogen (secondary N) is 3. The molecular weight excluding hydrogens is 993 g/mol. The van der Waals surface area contributed by atoms with Gasteiger partial charge in [0.15, 0.2) is 23.3 Å². The van der Waals surface area contributed by atoms with Gasteiger partial charge >= 0.3 is 0 Å². The number of hydrogen-bond donors (Lipinski definition) is 6. The molecule has 0 spiro atoms. The lowest BCUT2D eigenvalue weighted by atomic mass is 10.0. The SMILES string of the molecule is O=C(CCCSSCCNc1c(F)c(F)c(-c2c3nc(c(-c4cccc(O)c4)c4ccc([nH]4)c(-c4cccc(O)c4)c4nc(c(-c5cccc(O)c5)c5ccc2[nH]5)C=C4)C=C3)c(F)c1F)CCN1C(=O)C=CC1=O. The summed E-state index contributed by atoms with van der Waals surface area (Å²) in [7, 11) is 2.73. The van der Waals surface area contributed by atoms with Gasteiger partial charge < -0.3 is 30.6 Å². The number of carbonyl (C=O) groups is 3. The first kappa shape index (κ1) is 49.2. The summed E-state index contributed by atoms with van der Waals surface area (Å²) in [6, 6.07) is 26.3. The maximum Gasteiger partial charge on any atom is 0.253 e. The average molecular weight is 1040 g/mol. The van der Waals surface area contributed by atoms with E-state index in [4.69, 9.17) is 9.97 Å². The lowest BCUT2D eigenvalue weighted by Gasteiger charge is -2.14. The Labute approximate surface area is 427 Å². The van der Waals surface area contributed by atoms with E-state index in [1.54, 1.807) is 72.8 Å². The summed E-state index contributed by atoms with van der Waals surface area (Å²) in [6.07, 6.45) is 9.75. The number of halogens is 4. The number of phenolic OH excluding ortho intramolecular Hbond substituents is 3. The predicted molar refractivity (Wildman–Crippen MR) is 284 cm³/mol. The van der Waals surface area contributed by atoms with E-state index in [0.717, 1.165) is 17.1 Å². The van der Waals surface area contributed by atoms with Crippen molar-refractivity contribution < 1.29 is 47.3 Å². The Kier molecular flexibility index (Phi) is 14.0. The Morgan fingerprint density at radius 3 is 1.39 bits per heavy atom. The van der Waals surface area contributed by atoms with Gasteiger partial charge in [-0.3, -0.25) is 19.3 Å². The number of imide groups is 1. The number of rotatable bonds is 16.